The van der Waals surface area contributed by atoms with Crippen molar-refractivity contribution in [2.24, 2.45) is 11.7 Å². The Bertz CT molecular complexity index is 170. The lowest BCUT2D eigenvalue weighted by atomic mass is 10.2. The van der Waals surface area contributed by atoms with E-state index in [1.165, 1.54) is 12.8 Å². The summed E-state index contributed by atoms with van der Waals surface area (Å²) < 4.78 is 10.8. The SMILES string of the molecule is COC(CN)CCN(C)CCOCC1CC1. The first kappa shape index (κ1) is 13.9. The third-order valence-corrected chi connectivity index (χ3v) is 3.10. The van der Waals surface area contributed by atoms with E-state index in [1.807, 2.05) is 0 Å². The molecule has 0 aromatic heterocycles. The molecule has 1 saturated carbocycles. The molecule has 4 heteroatoms. The zero-order chi connectivity index (χ0) is 11.8. The second kappa shape index (κ2) is 8.01. The molecule has 4 nitrogen and oxygen atoms in total. The van der Waals surface area contributed by atoms with Crippen LogP contribution in [0, 0.1) is 5.92 Å². The number of likely N-dealkylation sites (N-methyl/N-ethyl adjacent to an activating group) is 1. The maximum absolute atomic E-state index is 5.59. The normalized spacial score (nSPS) is 18.0. The van der Waals surface area contributed by atoms with Crippen LogP contribution in [0.3, 0.4) is 0 Å². The van der Waals surface area contributed by atoms with E-state index in [4.69, 9.17) is 15.2 Å². The third-order valence-electron chi connectivity index (χ3n) is 3.10. The molecule has 1 rings (SSSR count). The summed E-state index contributed by atoms with van der Waals surface area (Å²) in [5.74, 6) is 0.861. The largest absolute Gasteiger partial charge is 0.380 e. The highest BCUT2D eigenvalue weighted by Crippen LogP contribution is 2.28. The summed E-state index contributed by atoms with van der Waals surface area (Å²) in [4.78, 5) is 2.27. The molecule has 96 valence electrons. The van der Waals surface area contributed by atoms with Crippen LogP contribution in [-0.4, -0.2) is 58.0 Å². The molecule has 0 amide bonds. The number of rotatable bonds is 10. The Kier molecular flexibility index (Phi) is 6.96. The molecule has 1 aliphatic rings. The molecule has 1 atom stereocenters. The van der Waals surface area contributed by atoms with Crippen molar-refractivity contribution < 1.29 is 9.47 Å². The second-order valence-corrected chi connectivity index (χ2v) is 4.70. The van der Waals surface area contributed by atoms with Gasteiger partial charge in [0.05, 0.1) is 12.7 Å². The topological polar surface area (TPSA) is 47.7 Å². The minimum Gasteiger partial charge on any atom is -0.380 e. The minimum absolute atomic E-state index is 0.190. The molecule has 1 aliphatic carbocycles. The average molecular weight is 230 g/mol. The predicted octanol–water partition coefficient (Wildman–Crippen LogP) is 0.709. The smallest absolute Gasteiger partial charge is 0.0705 e. The quantitative estimate of drug-likeness (QED) is 0.562. The van der Waals surface area contributed by atoms with Gasteiger partial charge in [0.15, 0.2) is 0 Å². The number of nitrogens with two attached hydrogens (primary N) is 1. The van der Waals surface area contributed by atoms with Crippen LogP contribution in [0.2, 0.25) is 0 Å². The fourth-order valence-electron chi connectivity index (χ4n) is 1.56. The molecule has 0 aliphatic heterocycles. The summed E-state index contributed by atoms with van der Waals surface area (Å²) in [5, 5.41) is 0. The van der Waals surface area contributed by atoms with Crippen molar-refractivity contribution >= 4 is 0 Å². The summed E-state index contributed by atoms with van der Waals surface area (Å²) in [5.41, 5.74) is 5.56. The van der Waals surface area contributed by atoms with Crippen molar-refractivity contribution in [3.63, 3.8) is 0 Å². The van der Waals surface area contributed by atoms with Gasteiger partial charge in [-0.2, -0.15) is 0 Å². The van der Waals surface area contributed by atoms with Crippen molar-refractivity contribution in [1.82, 2.24) is 4.90 Å². The molecular weight excluding hydrogens is 204 g/mol. The van der Waals surface area contributed by atoms with Crippen molar-refractivity contribution in [2.75, 3.05) is 47.0 Å². The minimum atomic E-state index is 0.190. The predicted molar refractivity (Wildman–Crippen MR) is 65.5 cm³/mol. The summed E-state index contributed by atoms with van der Waals surface area (Å²) in [6, 6.07) is 0. The Morgan fingerprint density at radius 3 is 2.69 bits per heavy atom. The number of methoxy groups -OCH3 is 1. The molecule has 0 aromatic rings. The molecule has 0 aromatic carbocycles. The Morgan fingerprint density at radius 1 is 1.38 bits per heavy atom. The van der Waals surface area contributed by atoms with Gasteiger partial charge in [-0.3, -0.25) is 0 Å². The summed E-state index contributed by atoms with van der Waals surface area (Å²) in [6.07, 6.45) is 3.91. The molecule has 0 heterocycles. The maximum Gasteiger partial charge on any atom is 0.0705 e. The van der Waals surface area contributed by atoms with Gasteiger partial charge in [-0.05, 0) is 32.2 Å². The maximum atomic E-state index is 5.59. The average Bonchev–Trinajstić information content (AvgIpc) is 3.10. The van der Waals surface area contributed by atoms with E-state index in [-0.39, 0.29) is 6.10 Å². The van der Waals surface area contributed by atoms with Crippen molar-refractivity contribution in [3.05, 3.63) is 0 Å². The monoisotopic (exact) mass is 230 g/mol. The van der Waals surface area contributed by atoms with Gasteiger partial charge in [0, 0.05) is 33.4 Å². The fourth-order valence-corrected chi connectivity index (χ4v) is 1.56. The van der Waals surface area contributed by atoms with Crippen molar-refractivity contribution in [1.29, 1.82) is 0 Å². The molecule has 0 saturated heterocycles. The number of hydrogen-bond acceptors (Lipinski definition) is 4. The summed E-state index contributed by atoms with van der Waals surface area (Å²) in [7, 11) is 3.83. The molecular formula is C12H26N2O2. The van der Waals surface area contributed by atoms with Crippen LogP contribution in [0.4, 0.5) is 0 Å². The van der Waals surface area contributed by atoms with E-state index in [0.717, 1.165) is 38.6 Å². The van der Waals surface area contributed by atoms with Crippen LogP contribution >= 0.6 is 0 Å². The van der Waals surface area contributed by atoms with Gasteiger partial charge in [-0.1, -0.05) is 0 Å². The van der Waals surface area contributed by atoms with Gasteiger partial charge in [0.1, 0.15) is 0 Å². The fraction of sp³-hybridized carbons (Fsp3) is 1.00. The first-order chi connectivity index (χ1) is 7.76. The van der Waals surface area contributed by atoms with Gasteiger partial charge >= 0.3 is 0 Å². The summed E-state index contributed by atoms with van der Waals surface area (Å²) >= 11 is 0. The number of hydrogen-bond donors (Lipinski definition) is 1. The highest BCUT2D eigenvalue weighted by molar-refractivity contribution is 4.72. The van der Waals surface area contributed by atoms with Crippen LogP contribution in [0.15, 0.2) is 0 Å². The van der Waals surface area contributed by atoms with Crippen molar-refractivity contribution in [2.45, 2.75) is 25.4 Å². The third kappa shape index (κ3) is 6.43. The summed E-state index contributed by atoms with van der Waals surface area (Å²) in [6.45, 7) is 4.41. The molecule has 0 bridgehead atoms. The van der Waals surface area contributed by atoms with E-state index in [9.17, 15) is 0 Å². The lowest BCUT2D eigenvalue weighted by molar-refractivity contribution is 0.0786. The van der Waals surface area contributed by atoms with Crippen molar-refractivity contribution in [3.8, 4) is 0 Å². The highest BCUT2D eigenvalue weighted by Gasteiger charge is 2.20. The Hall–Kier alpha value is -0.160. The second-order valence-electron chi connectivity index (χ2n) is 4.70. The Morgan fingerprint density at radius 2 is 2.12 bits per heavy atom. The van der Waals surface area contributed by atoms with Crippen LogP contribution in [0.25, 0.3) is 0 Å². The van der Waals surface area contributed by atoms with Crippen LogP contribution in [0.1, 0.15) is 19.3 Å². The molecule has 0 radical (unpaired) electrons. The van der Waals surface area contributed by atoms with Gasteiger partial charge in [0.25, 0.3) is 0 Å². The zero-order valence-corrected chi connectivity index (χ0v) is 10.7. The number of ether oxygens (including phenoxy) is 2. The Balaban J connectivity index is 1.90. The lowest BCUT2D eigenvalue weighted by Gasteiger charge is -2.19. The zero-order valence-electron chi connectivity index (χ0n) is 10.7. The number of nitrogens with zero attached hydrogens (tertiary/aromatic N) is 1. The standard InChI is InChI=1S/C12H26N2O2/c1-14(6-5-12(9-13)15-2)7-8-16-10-11-3-4-11/h11-12H,3-10,13H2,1-2H3. The molecule has 1 unspecified atom stereocenters. The van der Waals surface area contributed by atoms with Crippen LogP contribution < -0.4 is 5.73 Å². The lowest BCUT2D eigenvalue weighted by Crippen LogP contribution is -2.30. The van der Waals surface area contributed by atoms with Gasteiger partial charge in [0.2, 0.25) is 0 Å². The molecule has 0 spiro atoms. The molecule has 16 heavy (non-hydrogen) atoms. The first-order valence-corrected chi connectivity index (χ1v) is 6.25. The van der Waals surface area contributed by atoms with Crippen LogP contribution in [0.5, 0.6) is 0 Å². The highest BCUT2D eigenvalue weighted by atomic mass is 16.5. The van der Waals surface area contributed by atoms with E-state index in [0.29, 0.717) is 6.54 Å². The van der Waals surface area contributed by atoms with Gasteiger partial charge < -0.3 is 20.1 Å². The van der Waals surface area contributed by atoms with Gasteiger partial charge in [-0.15, -0.1) is 0 Å². The van der Waals surface area contributed by atoms with Gasteiger partial charge in [-0.25, -0.2) is 0 Å². The van der Waals surface area contributed by atoms with E-state index >= 15 is 0 Å². The van der Waals surface area contributed by atoms with E-state index in [1.54, 1.807) is 7.11 Å². The van der Waals surface area contributed by atoms with E-state index < -0.39 is 0 Å². The first-order valence-electron chi connectivity index (χ1n) is 6.25. The molecule has 2 N–H and O–H groups in total. The Labute approximate surface area is 99.1 Å². The molecule has 1 fully saturated rings. The van der Waals surface area contributed by atoms with Crippen LogP contribution in [-0.2, 0) is 9.47 Å². The van der Waals surface area contributed by atoms with E-state index in [2.05, 4.69) is 11.9 Å².